The lowest BCUT2D eigenvalue weighted by Gasteiger charge is -2.05. The molecule has 0 aliphatic heterocycles. The Hall–Kier alpha value is -1.44. The standard InChI is InChI=1S/C7H11N3O2.2H2O/c1-10-4-9-3-5(10)2-6(8)7(11)12;;/h3-4,6H,2,8H2,1H3,(H,11,12);2*1H2/t6-;;/m0../s1. The molecule has 1 atom stereocenters. The van der Waals surface area contributed by atoms with E-state index in [1.54, 1.807) is 24.1 Å². The van der Waals surface area contributed by atoms with E-state index in [1.807, 2.05) is 0 Å². The Bertz CT molecular complexity index is 286. The molecule has 1 rings (SSSR count). The Balaban J connectivity index is 0. The van der Waals surface area contributed by atoms with Gasteiger partial charge in [0.2, 0.25) is 0 Å². The number of nitrogens with zero attached hydrogens (tertiary/aromatic N) is 2. The number of hydrogen-bond donors (Lipinski definition) is 2. The lowest BCUT2D eigenvalue weighted by molar-refractivity contribution is -0.138. The largest absolute Gasteiger partial charge is 0.480 e. The molecule has 0 aromatic carbocycles. The Morgan fingerprint density at radius 2 is 2.29 bits per heavy atom. The predicted molar refractivity (Wildman–Crippen MR) is 49.8 cm³/mol. The maximum absolute atomic E-state index is 10.4. The van der Waals surface area contributed by atoms with E-state index in [0.717, 1.165) is 5.69 Å². The van der Waals surface area contributed by atoms with E-state index in [0.29, 0.717) is 6.42 Å². The Labute approximate surface area is 80.8 Å². The van der Waals surface area contributed by atoms with Gasteiger partial charge in [0.1, 0.15) is 6.04 Å². The molecule has 7 nitrogen and oxygen atoms in total. The second-order valence-electron chi connectivity index (χ2n) is 2.64. The quantitative estimate of drug-likeness (QED) is 0.572. The fourth-order valence-corrected chi connectivity index (χ4v) is 0.894. The van der Waals surface area contributed by atoms with Gasteiger partial charge < -0.3 is 26.4 Å². The Kier molecular flexibility index (Phi) is 6.54. The molecule has 0 fully saturated rings. The van der Waals surface area contributed by atoms with Crippen molar-refractivity contribution in [3.8, 4) is 0 Å². The first-order chi connectivity index (χ1) is 5.61. The van der Waals surface area contributed by atoms with Crippen LogP contribution in [0.15, 0.2) is 12.5 Å². The van der Waals surface area contributed by atoms with Crippen LogP contribution < -0.4 is 5.73 Å². The molecule has 0 aliphatic carbocycles. The Morgan fingerprint density at radius 3 is 2.64 bits per heavy atom. The number of carbonyl (C=O) groups is 1. The number of rotatable bonds is 3. The number of hydrogen-bond acceptors (Lipinski definition) is 3. The summed E-state index contributed by atoms with van der Waals surface area (Å²) in [4.78, 5) is 14.2. The van der Waals surface area contributed by atoms with Gasteiger partial charge in [0, 0.05) is 25.4 Å². The van der Waals surface area contributed by atoms with Crippen LogP contribution in [-0.4, -0.2) is 37.6 Å². The highest BCUT2D eigenvalue weighted by atomic mass is 16.4. The van der Waals surface area contributed by atoms with Gasteiger partial charge in [-0.1, -0.05) is 0 Å². The molecule has 0 saturated carbocycles. The third-order valence-electron chi connectivity index (χ3n) is 1.66. The molecule has 82 valence electrons. The first-order valence-electron chi connectivity index (χ1n) is 3.55. The Morgan fingerprint density at radius 1 is 1.71 bits per heavy atom. The summed E-state index contributed by atoms with van der Waals surface area (Å²) in [6, 6.07) is -0.847. The minimum Gasteiger partial charge on any atom is -0.480 e. The zero-order chi connectivity index (χ0) is 9.14. The monoisotopic (exact) mass is 205 g/mol. The van der Waals surface area contributed by atoms with Crippen molar-refractivity contribution in [3.63, 3.8) is 0 Å². The summed E-state index contributed by atoms with van der Waals surface area (Å²) in [5.74, 6) is -0.990. The minimum absolute atomic E-state index is 0. The highest BCUT2D eigenvalue weighted by Gasteiger charge is 2.13. The first-order valence-corrected chi connectivity index (χ1v) is 3.55. The van der Waals surface area contributed by atoms with Crippen LogP contribution in [0.2, 0.25) is 0 Å². The fourth-order valence-electron chi connectivity index (χ4n) is 0.894. The summed E-state index contributed by atoms with van der Waals surface area (Å²) in [5, 5.41) is 8.52. The van der Waals surface area contributed by atoms with Gasteiger partial charge in [-0.15, -0.1) is 0 Å². The molecule has 7 heteroatoms. The average Bonchev–Trinajstić information content (AvgIpc) is 2.36. The normalized spacial score (nSPS) is 11.0. The van der Waals surface area contributed by atoms with Crippen molar-refractivity contribution in [2.75, 3.05) is 0 Å². The molecule has 0 aliphatic rings. The van der Waals surface area contributed by atoms with E-state index in [4.69, 9.17) is 10.8 Å². The van der Waals surface area contributed by atoms with Crippen LogP contribution in [0.3, 0.4) is 0 Å². The van der Waals surface area contributed by atoms with Crippen LogP contribution in [0.4, 0.5) is 0 Å². The number of aromatic nitrogens is 2. The molecule has 14 heavy (non-hydrogen) atoms. The molecule has 1 aromatic rings. The van der Waals surface area contributed by atoms with Crippen LogP contribution >= 0.6 is 0 Å². The van der Waals surface area contributed by atoms with Crippen molar-refractivity contribution in [1.82, 2.24) is 9.55 Å². The van der Waals surface area contributed by atoms with Crippen molar-refractivity contribution in [2.45, 2.75) is 12.5 Å². The second kappa shape index (κ2) is 6.08. The van der Waals surface area contributed by atoms with Crippen molar-refractivity contribution in [3.05, 3.63) is 18.2 Å². The lowest BCUT2D eigenvalue weighted by Crippen LogP contribution is -2.32. The zero-order valence-corrected chi connectivity index (χ0v) is 7.77. The average molecular weight is 205 g/mol. The van der Waals surface area contributed by atoms with E-state index >= 15 is 0 Å². The molecule has 1 heterocycles. The summed E-state index contributed by atoms with van der Waals surface area (Å²) >= 11 is 0. The second-order valence-corrected chi connectivity index (χ2v) is 2.64. The SMILES string of the molecule is Cn1cncc1C[C@H](N)C(=O)O.O.O. The molecule has 0 unspecified atom stereocenters. The highest BCUT2D eigenvalue weighted by Crippen LogP contribution is 1.99. The molecule has 0 radical (unpaired) electrons. The molecule has 0 bridgehead atoms. The summed E-state index contributed by atoms with van der Waals surface area (Å²) < 4.78 is 1.75. The van der Waals surface area contributed by atoms with Gasteiger partial charge in [0.05, 0.1) is 6.33 Å². The van der Waals surface area contributed by atoms with E-state index < -0.39 is 12.0 Å². The van der Waals surface area contributed by atoms with Crippen molar-refractivity contribution < 1.29 is 20.9 Å². The van der Waals surface area contributed by atoms with Crippen molar-refractivity contribution >= 4 is 5.97 Å². The van der Waals surface area contributed by atoms with Crippen LogP contribution in [0.25, 0.3) is 0 Å². The van der Waals surface area contributed by atoms with Crippen LogP contribution in [-0.2, 0) is 18.3 Å². The number of carboxylic acids is 1. The van der Waals surface area contributed by atoms with Crippen molar-refractivity contribution in [2.24, 2.45) is 12.8 Å². The third-order valence-corrected chi connectivity index (χ3v) is 1.66. The van der Waals surface area contributed by atoms with E-state index in [-0.39, 0.29) is 11.0 Å². The van der Waals surface area contributed by atoms with Crippen molar-refractivity contribution in [1.29, 1.82) is 0 Å². The van der Waals surface area contributed by atoms with Gasteiger partial charge >= 0.3 is 5.97 Å². The molecular formula is C7H15N3O4. The smallest absolute Gasteiger partial charge is 0.320 e. The van der Waals surface area contributed by atoms with E-state index in [2.05, 4.69) is 4.98 Å². The summed E-state index contributed by atoms with van der Waals surface area (Å²) in [6.45, 7) is 0. The topological polar surface area (TPSA) is 144 Å². The number of nitrogens with two attached hydrogens (primary N) is 1. The molecule has 0 amide bonds. The third kappa shape index (κ3) is 3.52. The van der Waals surface area contributed by atoms with Gasteiger partial charge in [-0.2, -0.15) is 0 Å². The van der Waals surface area contributed by atoms with Gasteiger partial charge in [-0.05, 0) is 0 Å². The summed E-state index contributed by atoms with van der Waals surface area (Å²) in [6.07, 6.45) is 3.54. The molecule has 7 N–H and O–H groups in total. The maximum atomic E-state index is 10.4. The van der Waals surface area contributed by atoms with Gasteiger partial charge in [-0.25, -0.2) is 4.98 Å². The molecule has 0 saturated heterocycles. The molecular weight excluding hydrogens is 190 g/mol. The predicted octanol–water partition coefficient (Wildman–Crippen LogP) is -2.27. The molecule has 1 aromatic heterocycles. The van der Waals surface area contributed by atoms with Crippen LogP contribution in [0.1, 0.15) is 5.69 Å². The number of aryl methyl sites for hydroxylation is 1. The lowest BCUT2D eigenvalue weighted by atomic mass is 10.2. The van der Waals surface area contributed by atoms with Gasteiger partial charge in [-0.3, -0.25) is 4.79 Å². The highest BCUT2D eigenvalue weighted by molar-refractivity contribution is 5.73. The molecule has 0 spiro atoms. The number of imidazole rings is 1. The first kappa shape index (κ1) is 15.1. The van der Waals surface area contributed by atoms with Gasteiger partial charge in [0.15, 0.2) is 0 Å². The number of aliphatic carboxylic acids is 1. The summed E-state index contributed by atoms with van der Waals surface area (Å²) in [7, 11) is 1.80. The van der Waals surface area contributed by atoms with E-state index in [9.17, 15) is 4.79 Å². The minimum atomic E-state index is -0.990. The van der Waals surface area contributed by atoms with Gasteiger partial charge in [0.25, 0.3) is 0 Å². The summed E-state index contributed by atoms with van der Waals surface area (Å²) in [5.41, 5.74) is 6.16. The zero-order valence-electron chi connectivity index (χ0n) is 7.77. The fraction of sp³-hybridized carbons (Fsp3) is 0.429. The number of carboxylic acid groups (broad SMARTS) is 1. The van der Waals surface area contributed by atoms with Crippen LogP contribution in [0, 0.1) is 0 Å². The van der Waals surface area contributed by atoms with E-state index in [1.165, 1.54) is 0 Å². The maximum Gasteiger partial charge on any atom is 0.320 e. The van der Waals surface area contributed by atoms with Crippen LogP contribution in [0.5, 0.6) is 0 Å².